The zero-order chi connectivity index (χ0) is 14.3. The molecule has 0 aliphatic carbocycles. The van der Waals surface area contributed by atoms with Gasteiger partial charge in [0.1, 0.15) is 6.29 Å². The SMILES string of the molecule is C/C(C=O)=C\C[C@@]12CCN(C)[C@@H]1N(C)c1ccccc12. The Morgan fingerprint density at radius 3 is 2.90 bits per heavy atom. The lowest BCUT2D eigenvalue weighted by Crippen LogP contribution is -2.46. The van der Waals surface area contributed by atoms with Crippen molar-refractivity contribution in [3.8, 4) is 0 Å². The number of carbonyl (C=O) groups is 1. The van der Waals surface area contributed by atoms with Crippen molar-refractivity contribution >= 4 is 12.0 Å². The van der Waals surface area contributed by atoms with Crippen LogP contribution in [-0.2, 0) is 10.2 Å². The highest BCUT2D eigenvalue weighted by Crippen LogP contribution is 2.53. The van der Waals surface area contributed by atoms with Crippen molar-refractivity contribution in [2.75, 3.05) is 25.5 Å². The summed E-state index contributed by atoms with van der Waals surface area (Å²) in [6, 6.07) is 8.70. The quantitative estimate of drug-likeness (QED) is 0.623. The molecule has 1 aromatic carbocycles. The van der Waals surface area contributed by atoms with E-state index in [1.165, 1.54) is 11.3 Å². The normalized spacial score (nSPS) is 29.4. The second-order valence-corrected chi connectivity index (χ2v) is 6.16. The number of likely N-dealkylation sites (tertiary alicyclic amines) is 1. The highest BCUT2D eigenvalue weighted by atomic mass is 16.1. The maximum atomic E-state index is 10.9. The molecule has 1 fully saturated rings. The van der Waals surface area contributed by atoms with Gasteiger partial charge in [-0.25, -0.2) is 0 Å². The van der Waals surface area contributed by atoms with Crippen molar-refractivity contribution in [2.45, 2.75) is 31.3 Å². The van der Waals surface area contributed by atoms with Gasteiger partial charge in [0.05, 0.1) is 6.17 Å². The predicted molar refractivity (Wildman–Crippen MR) is 82.0 cm³/mol. The number of allylic oxidation sites excluding steroid dienone is 2. The number of benzene rings is 1. The lowest BCUT2D eigenvalue weighted by atomic mass is 9.76. The first kappa shape index (κ1) is 13.4. The smallest absolute Gasteiger partial charge is 0.145 e. The van der Waals surface area contributed by atoms with Crippen LogP contribution in [0.2, 0.25) is 0 Å². The molecule has 2 atom stereocenters. The second-order valence-electron chi connectivity index (χ2n) is 6.16. The summed E-state index contributed by atoms with van der Waals surface area (Å²) in [4.78, 5) is 15.7. The molecule has 3 nitrogen and oxygen atoms in total. The minimum absolute atomic E-state index is 0.129. The van der Waals surface area contributed by atoms with Crippen LogP contribution < -0.4 is 4.90 Å². The predicted octanol–water partition coefficient (Wildman–Crippen LogP) is 2.57. The highest BCUT2D eigenvalue weighted by Gasteiger charge is 2.54. The average Bonchev–Trinajstić information content (AvgIpc) is 2.93. The summed E-state index contributed by atoms with van der Waals surface area (Å²) in [6.45, 7) is 3.00. The fourth-order valence-corrected chi connectivity index (χ4v) is 4.03. The van der Waals surface area contributed by atoms with Crippen LogP contribution in [0.15, 0.2) is 35.9 Å². The molecule has 1 saturated heterocycles. The molecule has 2 aliphatic rings. The first-order valence-electron chi connectivity index (χ1n) is 7.25. The first-order valence-corrected chi connectivity index (χ1v) is 7.25. The number of likely N-dealkylation sites (N-methyl/N-ethyl adjacent to an activating group) is 2. The fourth-order valence-electron chi connectivity index (χ4n) is 4.03. The van der Waals surface area contributed by atoms with Crippen LogP contribution in [0.1, 0.15) is 25.3 Å². The number of hydrogen-bond acceptors (Lipinski definition) is 3. The van der Waals surface area contributed by atoms with Crippen molar-refractivity contribution in [1.82, 2.24) is 4.90 Å². The summed E-state index contributed by atoms with van der Waals surface area (Å²) in [6.07, 6.45) is 5.55. The lowest BCUT2D eigenvalue weighted by Gasteiger charge is -2.34. The van der Waals surface area contributed by atoms with Gasteiger partial charge >= 0.3 is 0 Å². The Kier molecular flexibility index (Phi) is 3.17. The van der Waals surface area contributed by atoms with E-state index in [0.29, 0.717) is 6.17 Å². The third-order valence-corrected chi connectivity index (χ3v) is 4.98. The number of para-hydroxylation sites is 1. The number of aldehydes is 1. The van der Waals surface area contributed by atoms with E-state index < -0.39 is 0 Å². The largest absolute Gasteiger partial charge is 0.358 e. The standard InChI is InChI=1S/C17H22N2O/c1-13(12-20)8-9-17-10-11-18(2)16(17)19(3)15-7-5-4-6-14(15)17/h4-8,12,16H,9-11H2,1-3H3/b13-8+/t16-,17+/m1/s1. The number of nitrogens with zero attached hydrogens (tertiary/aromatic N) is 2. The van der Waals surface area contributed by atoms with E-state index in [2.05, 4.69) is 54.2 Å². The third-order valence-electron chi connectivity index (χ3n) is 4.98. The molecule has 106 valence electrons. The van der Waals surface area contributed by atoms with Gasteiger partial charge in [0.25, 0.3) is 0 Å². The van der Waals surface area contributed by atoms with E-state index in [0.717, 1.165) is 31.2 Å². The van der Waals surface area contributed by atoms with Gasteiger partial charge in [-0.1, -0.05) is 24.3 Å². The second kappa shape index (κ2) is 4.74. The van der Waals surface area contributed by atoms with Crippen LogP contribution in [0.3, 0.4) is 0 Å². The highest BCUT2D eigenvalue weighted by molar-refractivity contribution is 5.72. The van der Waals surface area contributed by atoms with Crippen LogP contribution >= 0.6 is 0 Å². The van der Waals surface area contributed by atoms with Gasteiger partial charge in [0, 0.05) is 24.7 Å². The number of anilines is 1. The summed E-state index contributed by atoms with van der Waals surface area (Å²) in [5, 5.41) is 0. The Morgan fingerprint density at radius 2 is 2.15 bits per heavy atom. The van der Waals surface area contributed by atoms with Crippen LogP contribution in [0.4, 0.5) is 5.69 Å². The van der Waals surface area contributed by atoms with Crippen molar-refractivity contribution in [1.29, 1.82) is 0 Å². The number of hydrogen-bond donors (Lipinski definition) is 0. The molecule has 0 unspecified atom stereocenters. The number of carbonyl (C=O) groups excluding carboxylic acids is 1. The topological polar surface area (TPSA) is 23.6 Å². The van der Waals surface area contributed by atoms with Gasteiger partial charge in [-0.05, 0) is 44.0 Å². The van der Waals surface area contributed by atoms with E-state index in [1.54, 1.807) is 0 Å². The molecule has 0 saturated carbocycles. The molecule has 0 bridgehead atoms. The van der Waals surface area contributed by atoms with Gasteiger partial charge in [0.2, 0.25) is 0 Å². The Balaban J connectivity index is 2.08. The monoisotopic (exact) mass is 270 g/mol. The molecule has 2 heterocycles. The number of fused-ring (bicyclic) bond motifs is 3. The molecular formula is C17H22N2O. The molecule has 0 spiro atoms. The minimum atomic E-state index is 0.129. The van der Waals surface area contributed by atoms with Crippen LogP contribution in [-0.4, -0.2) is 38.0 Å². The van der Waals surface area contributed by atoms with Crippen molar-refractivity contribution in [3.63, 3.8) is 0 Å². The first-order chi connectivity index (χ1) is 9.60. The van der Waals surface area contributed by atoms with E-state index >= 15 is 0 Å². The molecule has 2 aliphatic heterocycles. The zero-order valence-corrected chi connectivity index (χ0v) is 12.5. The minimum Gasteiger partial charge on any atom is -0.358 e. The van der Waals surface area contributed by atoms with Crippen molar-refractivity contribution in [2.24, 2.45) is 0 Å². The average molecular weight is 270 g/mol. The fraction of sp³-hybridized carbons (Fsp3) is 0.471. The van der Waals surface area contributed by atoms with E-state index in [9.17, 15) is 4.79 Å². The molecule has 0 aromatic heterocycles. The Bertz CT molecular complexity index is 566. The summed E-state index contributed by atoms with van der Waals surface area (Å²) < 4.78 is 0. The van der Waals surface area contributed by atoms with E-state index in [4.69, 9.17) is 0 Å². The van der Waals surface area contributed by atoms with Crippen molar-refractivity contribution in [3.05, 3.63) is 41.5 Å². The Hall–Kier alpha value is -1.61. The third kappa shape index (κ3) is 1.73. The molecule has 20 heavy (non-hydrogen) atoms. The molecule has 3 rings (SSSR count). The molecule has 0 N–H and O–H groups in total. The van der Waals surface area contributed by atoms with E-state index in [1.807, 2.05) is 6.92 Å². The molecule has 0 amide bonds. The van der Waals surface area contributed by atoms with Crippen molar-refractivity contribution < 1.29 is 4.79 Å². The summed E-state index contributed by atoms with van der Waals surface area (Å²) >= 11 is 0. The van der Waals surface area contributed by atoms with E-state index in [-0.39, 0.29) is 5.41 Å². The molecule has 1 aromatic rings. The molecule has 0 radical (unpaired) electrons. The molecular weight excluding hydrogens is 248 g/mol. The van der Waals surface area contributed by atoms with Gasteiger partial charge in [0.15, 0.2) is 0 Å². The Labute approximate surface area is 120 Å². The summed E-state index contributed by atoms with van der Waals surface area (Å²) in [5.74, 6) is 0. The lowest BCUT2D eigenvalue weighted by molar-refractivity contribution is -0.104. The van der Waals surface area contributed by atoms with Crippen LogP contribution in [0.25, 0.3) is 0 Å². The van der Waals surface area contributed by atoms with Gasteiger partial charge in [-0.3, -0.25) is 9.69 Å². The van der Waals surface area contributed by atoms with Gasteiger partial charge in [-0.15, -0.1) is 0 Å². The zero-order valence-electron chi connectivity index (χ0n) is 12.5. The summed E-state index contributed by atoms with van der Waals surface area (Å²) in [7, 11) is 4.38. The Morgan fingerprint density at radius 1 is 1.40 bits per heavy atom. The van der Waals surface area contributed by atoms with Gasteiger partial charge < -0.3 is 4.90 Å². The summed E-state index contributed by atoms with van der Waals surface area (Å²) in [5.41, 5.74) is 3.73. The van der Waals surface area contributed by atoms with Gasteiger partial charge in [-0.2, -0.15) is 0 Å². The maximum absolute atomic E-state index is 10.9. The van der Waals surface area contributed by atoms with Crippen LogP contribution in [0, 0.1) is 0 Å². The maximum Gasteiger partial charge on any atom is 0.145 e. The van der Waals surface area contributed by atoms with Crippen LogP contribution in [0.5, 0.6) is 0 Å². The molecule has 3 heteroatoms. The number of rotatable bonds is 3.